The lowest BCUT2D eigenvalue weighted by atomic mass is 10.1. The number of nitrogens with zero attached hydrogens (tertiary/aromatic N) is 1. The fourth-order valence-electron chi connectivity index (χ4n) is 2.69. The first kappa shape index (κ1) is 25.4. The highest BCUT2D eigenvalue weighted by atomic mass is 35.5. The Labute approximate surface area is 215 Å². The molecule has 3 rings (SSSR count). The molecule has 10 heteroatoms. The molecule has 3 aromatic carbocycles. The molecule has 0 aliphatic heterocycles. The second-order valence-electron chi connectivity index (χ2n) is 6.76. The van der Waals surface area contributed by atoms with Crippen LogP contribution in [0, 0.1) is 11.3 Å². The third-order valence-corrected chi connectivity index (χ3v) is 5.71. The minimum atomic E-state index is -0.636. The number of carbonyl (C=O) groups is 2. The van der Waals surface area contributed by atoms with E-state index < -0.39 is 11.8 Å². The lowest BCUT2D eigenvalue weighted by Crippen LogP contribution is -2.20. The van der Waals surface area contributed by atoms with Gasteiger partial charge in [0.2, 0.25) is 0 Å². The van der Waals surface area contributed by atoms with E-state index in [0.29, 0.717) is 32.7 Å². The van der Waals surface area contributed by atoms with Crippen LogP contribution >= 0.6 is 46.4 Å². The van der Waals surface area contributed by atoms with E-state index in [1.807, 2.05) is 6.07 Å². The molecule has 2 amide bonds. The average Bonchev–Trinajstić information content (AvgIpc) is 2.82. The highest BCUT2D eigenvalue weighted by molar-refractivity contribution is 6.44. The molecule has 0 atom stereocenters. The Morgan fingerprint density at radius 3 is 2.35 bits per heavy atom. The predicted molar refractivity (Wildman–Crippen MR) is 136 cm³/mol. The molecule has 0 heterocycles. The molecule has 0 saturated heterocycles. The minimum absolute atomic E-state index is 0.137. The molecule has 0 saturated carbocycles. The predicted octanol–water partition coefficient (Wildman–Crippen LogP) is 6.86. The largest absolute Gasteiger partial charge is 0.484 e. The summed E-state index contributed by atoms with van der Waals surface area (Å²) in [4.78, 5) is 24.6. The molecule has 0 spiro atoms. The fourth-order valence-corrected chi connectivity index (χ4v) is 3.38. The van der Waals surface area contributed by atoms with E-state index in [9.17, 15) is 14.9 Å². The fraction of sp³-hybridized carbons (Fsp3) is 0.0417. The summed E-state index contributed by atoms with van der Waals surface area (Å²) in [5.41, 5.74) is 1.11. The second-order valence-corrected chi connectivity index (χ2v) is 8.38. The number of ether oxygens (including phenoxy) is 1. The Bertz CT molecular complexity index is 1300. The van der Waals surface area contributed by atoms with Crippen LogP contribution in [0.2, 0.25) is 20.1 Å². The number of hydrogen-bond donors (Lipinski definition) is 2. The van der Waals surface area contributed by atoms with Crippen molar-refractivity contribution < 1.29 is 14.3 Å². The van der Waals surface area contributed by atoms with Gasteiger partial charge in [-0.2, -0.15) is 5.26 Å². The molecule has 0 aliphatic carbocycles. The number of halogens is 4. The van der Waals surface area contributed by atoms with E-state index in [4.69, 9.17) is 51.1 Å². The van der Waals surface area contributed by atoms with Gasteiger partial charge in [-0.05, 0) is 54.1 Å². The van der Waals surface area contributed by atoms with Crippen molar-refractivity contribution in [2.75, 3.05) is 17.2 Å². The van der Waals surface area contributed by atoms with Crippen molar-refractivity contribution in [1.82, 2.24) is 0 Å². The van der Waals surface area contributed by atoms with Gasteiger partial charge in [0.15, 0.2) is 6.61 Å². The number of amides is 2. The molecular weight excluding hydrogens is 520 g/mol. The maximum atomic E-state index is 12.5. The number of carbonyl (C=O) groups excluding carboxylic acids is 2. The van der Waals surface area contributed by atoms with Crippen molar-refractivity contribution in [2.24, 2.45) is 0 Å². The van der Waals surface area contributed by atoms with Crippen molar-refractivity contribution in [2.45, 2.75) is 0 Å². The van der Waals surface area contributed by atoms with Gasteiger partial charge in [0.25, 0.3) is 11.8 Å². The van der Waals surface area contributed by atoms with Crippen molar-refractivity contribution in [3.63, 3.8) is 0 Å². The summed E-state index contributed by atoms with van der Waals surface area (Å²) in [6.45, 7) is -0.260. The third kappa shape index (κ3) is 6.89. The molecule has 172 valence electrons. The molecule has 3 aromatic rings. The third-order valence-electron chi connectivity index (χ3n) is 4.33. The standard InChI is InChI=1S/C24H15Cl4N3O3/c25-16-6-9-18(26)21(11-16)30-22(32)13-34-17-7-4-14(5-8-17)10-15(12-29)24(33)31-20-3-1-2-19(27)23(20)28/h1-11H,13H2,(H,30,32)(H,31,33)/b15-10+. The van der Waals surface area contributed by atoms with Crippen LogP contribution in [0.1, 0.15) is 5.56 Å². The molecule has 0 aromatic heterocycles. The molecule has 6 nitrogen and oxygen atoms in total. The molecule has 0 radical (unpaired) electrons. The highest BCUT2D eigenvalue weighted by Crippen LogP contribution is 2.30. The minimum Gasteiger partial charge on any atom is -0.484 e. The number of hydrogen-bond acceptors (Lipinski definition) is 4. The van der Waals surface area contributed by atoms with E-state index in [0.717, 1.165) is 0 Å². The van der Waals surface area contributed by atoms with Gasteiger partial charge in [0.1, 0.15) is 17.4 Å². The number of anilines is 2. The number of benzene rings is 3. The summed E-state index contributed by atoms with van der Waals surface area (Å²) in [6, 6.07) is 17.8. The second kappa shape index (κ2) is 11.8. The van der Waals surface area contributed by atoms with Crippen LogP contribution < -0.4 is 15.4 Å². The molecule has 2 N–H and O–H groups in total. The average molecular weight is 535 g/mol. The topological polar surface area (TPSA) is 91.2 Å². The maximum absolute atomic E-state index is 12.5. The zero-order valence-electron chi connectivity index (χ0n) is 17.2. The number of nitrogens with one attached hydrogen (secondary N) is 2. The molecular formula is C24H15Cl4N3O3. The van der Waals surface area contributed by atoms with Gasteiger partial charge in [-0.1, -0.05) is 64.6 Å². The van der Waals surface area contributed by atoms with Gasteiger partial charge in [0, 0.05) is 5.02 Å². The molecule has 34 heavy (non-hydrogen) atoms. The van der Waals surface area contributed by atoms with Crippen LogP contribution in [0.4, 0.5) is 11.4 Å². The Morgan fingerprint density at radius 2 is 1.65 bits per heavy atom. The zero-order valence-corrected chi connectivity index (χ0v) is 20.3. The van der Waals surface area contributed by atoms with Gasteiger partial charge >= 0.3 is 0 Å². The molecule has 0 unspecified atom stereocenters. The summed E-state index contributed by atoms with van der Waals surface area (Å²) in [5, 5.41) is 15.8. The van der Waals surface area contributed by atoms with Crippen LogP contribution in [-0.2, 0) is 9.59 Å². The van der Waals surface area contributed by atoms with E-state index in [2.05, 4.69) is 10.6 Å². The van der Waals surface area contributed by atoms with E-state index in [1.165, 1.54) is 12.1 Å². The number of nitriles is 1. The smallest absolute Gasteiger partial charge is 0.266 e. The van der Waals surface area contributed by atoms with Gasteiger partial charge < -0.3 is 15.4 Å². The van der Waals surface area contributed by atoms with Gasteiger partial charge in [0.05, 0.1) is 26.4 Å². The lowest BCUT2D eigenvalue weighted by molar-refractivity contribution is -0.118. The summed E-state index contributed by atoms with van der Waals surface area (Å²) < 4.78 is 5.47. The van der Waals surface area contributed by atoms with E-state index >= 15 is 0 Å². The Kier molecular flexibility index (Phi) is 8.80. The van der Waals surface area contributed by atoms with Crippen LogP contribution in [-0.4, -0.2) is 18.4 Å². The first-order chi connectivity index (χ1) is 16.3. The van der Waals surface area contributed by atoms with Crippen LogP contribution in [0.3, 0.4) is 0 Å². The lowest BCUT2D eigenvalue weighted by Gasteiger charge is -2.09. The van der Waals surface area contributed by atoms with Crippen molar-refractivity contribution >= 4 is 75.7 Å². The van der Waals surface area contributed by atoms with Crippen molar-refractivity contribution in [1.29, 1.82) is 5.26 Å². The van der Waals surface area contributed by atoms with Crippen molar-refractivity contribution in [3.8, 4) is 11.8 Å². The Balaban J connectivity index is 1.60. The summed E-state index contributed by atoms with van der Waals surface area (Å²) in [5.74, 6) is -0.641. The zero-order chi connectivity index (χ0) is 24.7. The monoisotopic (exact) mass is 533 g/mol. The Hall–Kier alpha value is -3.21. The van der Waals surface area contributed by atoms with Crippen molar-refractivity contribution in [3.05, 3.63) is 91.9 Å². The van der Waals surface area contributed by atoms with Crippen LogP contribution in [0.25, 0.3) is 6.08 Å². The highest BCUT2D eigenvalue weighted by Gasteiger charge is 2.13. The molecule has 0 fully saturated rings. The van der Waals surface area contributed by atoms with Gasteiger partial charge in [-0.25, -0.2) is 0 Å². The SMILES string of the molecule is N#C/C(=C\c1ccc(OCC(=O)Nc2cc(Cl)ccc2Cl)cc1)C(=O)Nc1cccc(Cl)c1Cl. The quantitative estimate of drug-likeness (QED) is 0.256. The van der Waals surface area contributed by atoms with Gasteiger partial charge in [-0.15, -0.1) is 0 Å². The van der Waals surface area contributed by atoms with Gasteiger partial charge in [-0.3, -0.25) is 9.59 Å². The number of rotatable bonds is 7. The van der Waals surface area contributed by atoms with E-state index in [1.54, 1.807) is 54.6 Å². The normalized spacial score (nSPS) is 10.9. The van der Waals surface area contributed by atoms with Crippen LogP contribution in [0.5, 0.6) is 5.75 Å². The summed E-state index contributed by atoms with van der Waals surface area (Å²) in [6.07, 6.45) is 1.41. The van der Waals surface area contributed by atoms with E-state index in [-0.39, 0.29) is 22.2 Å². The Morgan fingerprint density at radius 1 is 0.912 bits per heavy atom. The molecule has 0 aliphatic rings. The first-order valence-electron chi connectivity index (χ1n) is 9.61. The first-order valence-corrected chi connectivity index (χ1v) is 11.1. The molecule has 0 bridgehead atoms. The van der Waals surface area contributed by atoms with Crippen LogP contribution in [0.15, 0.2) is 66.2 Å². The summed E-state index contributed by atoms with van der Waals surface area (Å²) in [7, 11) is 0. The summed E-state index contributed by atoms with van der Waals surface area (Å²) >= 11 is 23.9. The maximum Gasteiger partial charge on any atom is 0.266 e.